The minimum atomic E-state index is -0.357. The Morgan fingerprint density at radius 3 is 2.57 bits per heavy atom. The van der Waals surface area contributed by atoms with Crippen LogP contribution in [-0.4, -0.2) is 9.97 Å². The van der Waals surface area contributed by atoms with Crippen molar-refractivity contribution < 1.29 is 0 Å². The van der Waals surface area contributed by atoms with Gasteiger partial charge < -0.3 is 10.7 Å². The van der Waals surface area contributed by atoms with Crippen molar-refractivity contribution in [3.63, 3.8) is 0 Å². The number of nitrogens with one attached hydrogen (secondary N) is 1. The van der Waals surface area contributed by atoms with Crippen LogP contribution in [-0.2, 0) is 0 Å². The molecular weight excluding hydrogens is 178 g/mol. The lowest BCUT2D eigenvalue weighted by atomic mass is 10.2. The van der Waals surface area contributed by atoms with Gasteiger partial charge in [0.1, 0.15) is 0 Å². The highest BCUT2D eigenvalue weighted by atomic mass is 16.1. The molecule has 70 valence electrons. The minimum Gasteiger partial charge on any atom is -0.379 e. The molecule has 0 saturated heterocycles. The van der Waals surface area contributed by atoms with E-state index in [-0.39, 0.29) is 11.4 Å². The lowest BCUT2D eigenvalue weighted by Crippen LogP contribution is -2.13. The molecule has 4 nitrogen and oxygen atoms in total. The molecule has 0 amide bonds. The van der Waals surface area contributed by atoms with Crippen molar-refractivity contribution >= 4 is 5.82 Å². The predicted octanol–water partition coefficient (Wildman–Crippen LogP) is 1.02. The molecule has 0 spiro atoms. The number of nitrogen functional groups attached to an aromatic ring is 1. The fourth-order valence-corrected chi connectivity index (χ4v) is 1.18. The second-order valence-corrected chi connectivity index (χ2v) is 2.87. The van der Waals surface area contributed by atoms with Crippen LogP contribution in [0.4, 0.5) is 5.82 Å². The quantitative estimate of drug-likeness (QED) is 0.700. The Morgan fingerprint density at radius 2 is 1.93 bits per heavy atom. The zero-order chi connectivity index (χ0) is 9.97. The first-order valence-electron chi connectivity index (χ1n) is 4.18. The average Bonchev–Trinajstić information content (AvgIpc) is 2.23. The van der Waals surface area contributed by atoms with Crippen LogP contribution in [0.15, 0.2) is 41.3 Å². The molecule has 0 saturated carbocycles. The zero-order valence-electron chi connectivity index (χ0n) is 7.40. The van der Waals surface area contributed by atoms with Gasteiger partial charge in [0.15, 0.2) is 5.82 Å². The average molecular weight is 187 g/mol. The number of hydrogen-bond donors (Lipinski definition) is 2. The molecule has 0 aliphatic heterocycles. The van der Waals surface area contributed by atoms with Crippen LogP contribution in [0.2, 0.25) is 0 Å². The topological polar surface area (TPSA) is 71.8 Å². The molecule has 0 bridgehead atoms. The highest BCUT2D eigenvalue weighted by molar-refractivity contribution is 5.58. The Labute approximate surface area is 80.4 Å². The van der Waals surface area contributed by atoms with Crippen molar-refractivity contribution in [3.05, 3.63) is 46.9 Å². The van der Waals surface area contributed by atoms with Gasteiger partial charge in [0, 0.05) is 11.8 Å². The van der Waals surface area contributed by atoms with Gasteiger partial charge in [-0.15, -0.1) is 0 Å². The molecule has 1 aromatic heterocycles. The maximum atomic E-state index is 11.0. The second kappa shape index (κ2) is 3.33. The van der Waals surface area contributed by atoms with E-state index >= 15 is 0 Å². The predicted molar refractivity (Wildman–Crippen MR) is 54.7 cm³/mol. The summed E-state index contributed by atoms with van der Waals surface area (Å²) in [7, 11) is 0. The Hall–Kier alpha value is -2.10. The summed E-state index contributed by atoms with van der Waals surface area (Å²) < 4.78 is 0. The fraction of sp³-hybridized carbons (Fsp3) is 0. The van der Waals surface area contributed by atoms with E-state index in [2.05, 4.69) is 9.97 Å². The van der Waals surface area contributed by atoms with E-state index in [0.29, 0.717) is 5.69 Å². The first-order chi connectivity index (χ1) is 6.77. The molecule has 14 heavy (non-hydrogen) atoms. The number of anilines is 1. The molecule has 4 heteroatoms. The van der Waals surface area contributed by atoms with E-state index < -0.39 is 0 Å². The van der Waals surface area contributed by atoms with Gasteiger partial charge in [-0.25, -0.2) is 4.98 Å². The second-order valence-electron chi connectivity index (χ2n) is 2.87. The van der Waals surface area contributed by atoms with Crippen molar-refractivity contribution in [1.82, 2.24) is 9.97 Å². The molecule has 3 N–H and O–H groups in total. The number of aromatic amines is 1. The Kier molecular flexibility index (Phi) is 2.02. The normalized spacial score (nSPS) is 10.0. The van der Waals surface area contributed by atoms with Crippen LogP contribution in [0.3, 0.4) is 0 Å². The number of nitrogens with zero attached hydrogens (tertiary/aromatic N) is 1. The monoisotopic (exact) mass is 187 g/mol. The maximum absolute atomic E-state index is 11.0. The van der Waals surface area contributed by atoms with Crippen molar-refractivity contribution in [3.8, 4) is 11.3 Å². The summed E-state index contributed by atoms with van der Waals surface area (Å²) in [5.74, 6) is -0.00801. The summed E-state index contributed by atoms with van der Waals surface area (Å²) in [6.07, 6.45) is 1.55. The number of H-pyrrole nitrogens is 1. The lowest BCUT2D eigenvalue weighted by molar-refractivity contribution is 1.15. The van der Waals surface area contributed by atoms with Crippen LogP contribution in [0.25, 0.3) is 11.3 Å². The van der Waals surface area contributed by atoms with Crippen molar-refractivity contribution in [2.24, 2.45) is 0 Å². The first-order valence-corrected chi connectivity index (χ1v) is 4.18. The molecule has 0 fully saturated rings. The summed E-state index contributed by atoms with van der Waals surface area (Å²) >= 11 is 0. The van der Waals surface area contributed by atoms with E-state index in [4.69, 9.17) is 5.73 Å². The number of benzene rings is 1. The summed E-state index contributed by atoms with van der Waals surface area (Å²) in [5, 5.41) is 0. The third-order valence-corrected chi connectivity index (χ3v) is 1.88. The molecule has 1 heterocycles. The van der Waals surface area contributed by atoms with Gasteiger partial charge in [0.2, 0.25) is 0 Å². The SMILES string of the molecule is Nc1nc(-c2ccccc2)c[nH]c1=O. The molecule has 0 aliphatic rings. The molecule has 1 aromatic carbocycles. The lowest BCUT2D eigenvalue weighted by Gasteiger charge is -1.99. The Morgan fingerprint density at radius 1 is 1.21 bits per heavy atom. The molecule has 2 aromatic rings. The van der Waals surface area contributed by atoms with E-state index in [0.717, 1.165) is 5.56 Å². The minimum absolute atomic E-state index is 0.00801. The van der Waals surface area contributed by atoms with Crippen molar-refractivity contribution in [1.29, 1.82) is 0 Å². The fourth-order valence-electron chi connectivity index (χ4n) is 1.18. The highest BCUT2D eigenvalue weighted by Gasteiger charge is 2.00. The van der Waals surface area contributed by atoms with Crippen molar-refractivity contribution in [2.45, 2.75) is 0 Å². The summed E-state index contributed by atoms with van der Waals surface area (Å²) in [4.78, 5) is 17.5. The largest absolute Gasteiger partial charge is 0.379 e. The van der Waals surface area contributed by atoms with Gasteiger partial charge in [-0.1, -0.05) is 30.3 Å². The van der Waals surface area contributed by atoms with Gasteiger partial charge in [0.25, 0.3) is 5.56 Å². The smallest absolute Gasteiger partial charge is 0.290 e. The zero-order valence-corrected chi connectivity index (χ0v) is 7.40. The molecule has 0 atom stereocenters. The molecule has 0 aliphatic carbocycles. The number of rotatable bonds is 1. The van der Waals surface area contributed by atoms with Crippen LogP contribution < -0.4 is 11.3 Å². The van der Waals surface area contributed by atoms with Gasteiger partial charge in [0.05, 0.1) is 5.69 Å². The Balaban J connectivity index is 2.54. The third kappa shape index (κ3) is 1.50. The number of hydrogen-bond acceptors (Lipinski definition) is 3. The van der Waals surface area contributed by atoms with E-state index in [9.17, 15) is 4.79 Å². The van der Waals surface area contributed by atoms with Crippen LogP contribution in [0.1, 0.15) is 0 Å². The summed E-state index contributed by atoms with van der Waals surface area (Å²) in [5.41, 5.74) is 6.64. The molecular formula is C10H9N3O. The first kappa shape index (κ1) is 8.50. The summed E-state index contributed by atoms with van der Waals surface area (Å²) in [6, 6.07) is 9.52. The van der Waals surface area contributed by atoms with Crippen molar-refractivity contribution in [2.75, 3.05) is 5.73 Å². The van der Waals surface area contributed by atoms with E-state index in [1.165, 1.54) is 0 Å². The maximum Gasteiger partial charge on any atom is 0.290 e. The third-order valence-electron chi connectivity index (χ3n) is 1.88. The number of nitrogens with two attached hydrogens (primary N) is 1. The highest BCUT2D eigenvalue weighted by Crippen LogP contribution is 2.14. The van der Waals surface area contributed by atoms with Gasteiger partial charge >= 0.3 is 0 Å². The van der Waals surface area contributed by atoms with Gasteiger partial charge in [-0.3, -0.25) is 4.79 Å². The van der Waals surface area contributed by atoms with E-state index in [1.54, 1.807) is 6.20 Å². The van der Waals surface area contributed by atoms with Gasteiger partial charge in [-0.2, -0.15) is 0 Å². The van der Waals surface area contributed by atoms with E-state index in [1.807, 2.05) is 30.3 Å². The number of aromatic nitrogens is 2. The molecule has 2 rings (SSSR count). The summed E-state index contributed by atoms with van der Waals surface area (Å²) in [6.45, 7) is 0. The van der Waals surface area contributed by atoms with Crippen LogP contribution >= 0.6 is 0 Å². The van der Waals surface area contributed by atoms with Crippen LogP contribution in [0.5, 0.6) is 0 Å². The van der Waals surface area contributed by atoms with Crippen LogP contribution in [0, 0.1) is 0 Å². The molecule has 0 radical (unpaired) electrons. The Bertz CT molecular complexity index is 490. The molecule has 0 unspecified atom stereocenters. The van der Waals surface area contributed by atoms with Gasteiger partial charge in [-0.05, 0) is 0 Å². The standard InChI is InChI=1S/C10H9N3O/c11-9-10(14)12-6-8(13-9)7-4-2-1-3-5-7/h1-6H,(H2,11,13)(H,12,14).